The molecule has 0 bridgehead atoms. The van der Waals surface area contributed by atoms with Crippen LogP contribution in [0.5, 0.6) is 5.75 Å². The van der Waals surface area contributed by atoms with Crippen molar-refractivity contribution in [3.8, 4) is 5.75 Å². The molecule has 118 valence electrons. The number of carbonyl (C=O) groups is 1. The van der Waals surface area contributed by atoms with E-state index in [9.17, 15) is 4.79 Å². The van der Waals surface area contributed by atoms with Gasteiger partial charge < -0.3 is 4.74 Å². The van der Waals surface area contributed by atoms with Crippen LogP contribution in [-0.4, -0.2) is 5.97 Å². The summed E-state index contributed by atoms with van der Waals surface area (Å²) in [5.41, 5.74) is -0.348. The minimum atomic E-state index is -0.348. The summed E-state index contributed by atoms with van der Waals surface area (Å²) in [5.74, 6) is 0.581. The first-order chi connectivity index (χ1) is 10.1. The zero-order valence-corrected chi connectivity index (χ0v) is 13.9. The molecular weight excluding hydrogens is 260 g/mol. The van der Waals surface area contributed by atoms with Gasteiger partial charge in [0.25, 0.3) is 0 Å². The smallest absolute Gasteiger partial charge is 0.317 e. The third-order valence-corrected chi connectivity index (χ3v) is 4.11. The van der Waals surface area contributed by atoms with E-state index in [0.29, 0.717) is 5.75 Å². The Morgan fingerprint density at radius 3 is 2.19 bits per heavy atom. The van der Waals surface area contributed by atoms with Gasteiger partial charge in [-0.15, -0.1) is 0 Å². The van der Waals surface area contributed by atoms with Crippen LogP contribution >= 0.6 is 0 Å². The predicted octanol–water partition coefficient (Wildman–Crippen LogP) is 5.76. The molecular formula is C19H30O2. The van der Waals surface area contributed by atoms with E-state index >= 15 is 0 Å². The van der Waals surface area contributed by atoms with Crippen molar-refractivity contribution in [2.24, 2.45) is 5.41 Å². The van der Waals surface area contributed by atoms with Gasteiger partial charge in [-0.3, -0.25) is 4.79 Å². The zero-order chi connectivity index (χ0) is 15.6. The minimum absolute atomic E-state index is 0.0707. The predicted molar refractivity (Wildman–Crippen MR) is 88.5 cm³/mol. The average molecular weight is 290 g/mol. The molecule has 0 amide bonds. The summed E-state index contributed by atoms with van der Waals surface area (Å²) < 4.78 is 5.59. The lowest BCUT2D eigenvalue weighted by Crippen LogP contribution is -2.32. The second kappa shape index (κ2) is 9.59. The maximum Gasteiger partial charge on any atom is 0.317 e. The maximum atomic E-state index is 12.6. The number of rotatable bonds is 10. The first-order valence-electron chi connectivity index (χ1n) is 8.39. The molecule has 0 aromatic heterocycles. The van der Waals surface area contributed by atoms with Crippen molar-refractivity contribution in [3.05, 3.63) is 30.3 Å². The summed E-state index contributed by atoms with van der Waals surface area (Å²) in [7, 11) is 0. The Labute approximate surface area is 129 Å². The molecule has 0 saturated carbocycles. The normalized spacial score (nSPS) is 13.7. The highest BCUT2D eigenvalue weighted by molar-refractivity contribution is 5.78. The lowest BCUT2D eigenvalue weighted by atomic mass is 9.80. The van der Waals surface area contributed by atoms with Crippen LogP contribution in [0.3, 0.4) is 0 Å². The summed E-state index contributed by atoms with van der Waals surface area (Å²) in [4.78, 5) is 12.6. The van der Waals surface area contributed by atoms with E-state index in [1.54, 1.807) is 0 Å². The fourth-order valence-corrected chi connectivity index (χ4v) is 2.56. The number of hydrogen-bond donors (Lipinski definition) is 0. The molecule has 0 aliphatic rings. The van der Waals surface area contributed by atoms with Crippen LogP contribution in [0.15, 0.2) is 30.3 Å². The molecule has 1 aromatic carbocycles. The summed E-state index contributed by atoms with van der Waals surface area (Å²) in [5, 5.41) is 0. The molecule has 0 saturated heterocycles. The van der Waals surface area contributed by atoms with Crippen molar-refractivity contribution >= 4 is 5.97 Å². The van der Waals surface area contributed by atoms with Gasteiger partial charge in [0.15, 0.2) is 0 Å². The van der Waals surface area contributed by atoms with Gasteiger partial charge in [0, 0.05) is 0 Å². The fraction of sp³-hybridized carbons (Fsp3) is 0.632. The van der Waals surface area contributed by atoms with Crippen molar-refractivity contribution in [2.45, 2.75) is 72.1 Å². The largest absolute Gasteiger partial charge is 0.426 e. The Bertz CT molecular complexity index is 399. The lowest BCUT2D eigenvalue weighted by Gasteiger charge is -2.27. The number of ether oxygens (including phenoxy) is 1. The topological polar surface area (TPSA) is 26.3 Å². The second-order valence-electron chi connectivity index (χ2n) is 6.18. The van der Waals surface area contributed by atoms with E-state index in [2.05, 4.69) is 20.8 Å². The number of carbonyl (C=O) groups excluding carboxylic acids is 1. The Morgan fingerprint density at radius 1 is 0.952 bits per heavy atom. The number of benzene rings is 1. The van der Waals surface area contributed by atoms with Gasteiger partial charge in [0.05, 0.1) is 5.41 Å². The first-order valence-corrected chi connectivity index (χ1v) is 8.39. The Hall–Kier alpha value is -1.31. The van der Waals surface area contributed by atoms with Crippen LogP contribution in [0.2, 0.25) is 0 Å². The summed E-state index contributed by atoms with van der Waals surface area (Å²) in [6.07, 6.45) is 8.82. The minimum Gasteiger partial charge on any atom is -0.426 e. The summed E-state index contributed by atoms with van der Waals surface area (Å²) >= 11 is 0. The van der Waals surface area contributed by atoms with Gasteiger partial charge in [-0.05, 0) is 31.9 Å². The van der Waals surface area contributed by atoms with Crippen LogP contribution < -0.4 is 4.74 Å². The highest BCUT2D eigenvalue weighted by Gasteiger charge is 2.34. The second-order valence-corrected chi connectivity index (χ2v) is 6.18. The van der Waals surface area contributed by atoms with Crippen molar-refractivity contribution in [3.63, 3.8) is 0 Å². The molecule has 0 radical (unpaired) electrons. The standard InChI is InChI=1S/C19H30O2/c1-4-6-8-12-16-19(3,15-7-5-2)18(20)21-17-13-10-9-11-14-17/h9-11,13-14H,4-8,12,15-16H2,1-3H3. The SMILES string of the molecule is CCCCCCC(C)(CCCC)C(=O)Oc1ccccc1. The monoisotopic (exact) mass is 290 g/mol. The van der Waals surface area contributed by atoms with E-state index in [4.69, 9.17) is 4.74 Å². The fourth-order valence-electron chi connectivity index (χ4n) is 2.56. The van der Waals surface area contributed by atoms with Gasteiger partial charge in [0.2, 0.25) is 0 Å². The van der Waals surface area contributed by atoms with E-state index < -0.39 is 0 Å². The van der Waals surface area contributed by atoms with Crippen LogP contribution in [0.4, 0.5) is 0 Å². The number of esters is 1. The number of hydrogen-bond acceptors (Lipinski definition) is 2. The summed E-state index contributed by atoms with van der Waals surface area (Å²) in [6, 6.07) is 9.41. The number of para-hydroxylation sites is 1. The molecule has 0 fully saturated rings. The molecule has 2 heteroatoms. The molecule has 0 N–H and O–H groups in total. The van der Waals surface area contributed by atoms with Crippen LogP contribution in [-0.2, 0) is 4.79 Å². The van der Waals surface area contributed by atoms with E-state index in [0.717, 1.165) is 32.1 Å². The quantitative estimate of drug-likeness (QED) is 0.311. The van der Waals surface area contributed by atoms with Crippen LogP contribution in [0.1, 0.15) is 72.1 Å². The molecule has 2 nitrogen and oxygen atoms in total. The first kappa shape index (κ1) is 17.7. The van der Waals surface area contributed by atoms with Crippen molar-refractivity contribution in [1.29, 1.82) is 0 Å². The Kier molecular flexibility index (Phi) is 8.11. The molecule has 21 heavy (non-hydrogen) atoms. The van der Waals surface area contributed by atoms with Crippen LogP contribution in [0.25, 0.3) is 0 Å². The average Bonchev–Trinajstić information content (AvgIpc) is 2.50. The Morgan fingerprint density at radius 2 is 1.57 bits per heavy atom. The Balaban J connectivity index is 2.63. The molecule has 1 aromatic rings. The highest BCUT2D eigenvalue weighted by Crippen LogP contribution is 2.33. The molecule has 0 heterocycles. The van der Waals surface area contributed by atoms with Gasteiger partial charge in [-0.2, -0.15) is 0 Å². The van der Waals surface area contributed by atoms with Gasteiger partial charge in [-0.25, -0.2) is 0 Å². The molecule has 0 aliphatic heterocycles. The lowest BCUT2D eigenvalue weighted by molar-refractivity contribution is -0.146. The van der Waals surface area contributed by atoms with Gasteiger partial charge in [0.1, 0.15) is 5.75 Å². The van der Waals surface area contributed by atoms with Gasteiger partial charge in [-0.1, -0.05) is 70.6 Å². The molecule has 0 spiro atoms. The summed E-state index contributed by atoms with van der Waals surface area (Å²) in [6.45, 7) is 6.44. The van der Waals surface area contributed by atoms with E-state index in [-0.39, 0.29) is 11.4 Å². The molecule has 0 aliphatic carbocycles. The molecule has 1 rings (SSSR count). The van der Waals surface area contributed by atoms with E-state index in [1.807, 2.05) is 30.3 Å². The van der Waals surface area contributed by atoms with Crippen molar-refractivity contribution in [2.75, 3.05) is 0 Å². The molecule has 1 atom stereocenters. The third kappa shape index (κ3) is 6.33. The number of unbranched alkanes of at least 4 members (excludes halogenated alkanes) is 4. The maximum absolute atomic E-state index is 12.6. The third-order valence-electron chi connectivity index (χ3n) is 4.11. The van der Waals surface area contributed by atoms with Gasteiger partial charge >= 0.3 is 5.97 Å². The van der Waals surface area contributed by atoms with E-state index in [1.165, 1.54) is 19.3 Å². The highest BCUT2D eigenvalue weighted by atomic mass is 16.5. The van der Waals surface area contributed by atoms with Crippen LogP contribution in [0, 0.1) is 5.41 Å². The molecule has 1 unspecified atom stereocenters. The zero-order valence-electron chi connectivity index (χ0n) is 13.9. The van der Waals surface area contributed by atoms with Crippen molar-refractivity contribution < 1.29 is 9.53 Å². The van der Waals surface area contributed by atoms with Crippen molar-refractivity contribution in [1.82, 2.24) is 0 Å².